The zero-order chi connectivity index (χ0) is 17.9. The third-order valence-electron chi connectivity index (χ3n) is 5.01. The largest absolute Gasteiger partial charge is 0.493 e. The number of ether oxygens (including phenoxy) is 2. The van der Waals surface area contributed by atoms with E-state index in [1.807, 2.05) is 0 Å². The van der Waals surface area contributed by atoms with Crippen LogP contribution >= 0.6 is 11.8 Å². The molecule has 1 aromatic rings. The van der Waals surface area contributed by atoms with Gasteiger partial charge in [-0.15, -0.1) is 11.8 Å². The van der Waals surface area contributed by atoms with Gasteiger partial charge in [-0.3, -0.25) is 0 Å². The smallest absolute Gasteiger partial charge is 0.158 e. The summed E-state index contributed by atoms with van der Waals surface area (Å²) in [7, 11) is 0. The summed E-state index contributed by atoms with van der Waals surface area (Å²) in [6, 6.07) is 6.76. The van der Waals surface area contributed by atoms with Gasteiger partial charge < -0.3 is 20.1 Å². The van der Waals surface area contributed by atoms with Gasteiger partial charge in [0.15, 0.2) is 6.73 Å². The molecule has 3 aliphatic rings. The Morgan fingerprint density at radius 3 is 2.96 bits per heavy atom. The highest BCUT2D eigenvalue weighted by Crippen LogP contribution is 2.37. The van der Waals surface area contributed by atoms with Gasteiger partial charge in [0.25, 0.3) is 0 Å². The molecule has 0 aromatic heterocycles. The van der Waals surface area contributed by atoms with Crippen molar-refractivity contribution in [2.24, 2.45) is 5.92 Å². The monoisotopic (exact) mass is 370 g/mol. The van der Waals surface area contributed by atoms with Gasteiger partial charge in [-0.2, -0.15) is 0 Å². The van der Waals surface area contributed by atoms with E-state index in [4.69, 9.17) is 9.47 Å². The molecule has 0 amide bonds. The van der Waals surface area contributed by atoms with E-state index in [0.29, 0.717) is 6.73 Å². The van der Waals surface area contributed by atoms with E-state index in [1.54, 1.807) is 18.0 Å². The molecule has 2 N–H and O–H groups in total. The van der Waals surface area contributed by atoms with Gasteiger partial charge in [0, 0.05) is 23.0 Å². The molecular formula is C21H26N2O2S. The summed E-state index contributed by atoms with van der Waals surface area (Å²) in [4.78, 5) is 1.26. The summed E-state index contributed by atoms with van der Waals surface area (Å²) >= 11 is 1.77. The summed E-state index contributed by atoms with van der Waals surface area (Å²) in [5.41, 5.74) is 4.86. The standard InChI is InChI=1S/C21H26N2O2S/c1-14-7-16(8-20(14)22-10-17-12-24-13-23-17)19-9-18(26-2)5-6-21(19)25-11-15-3-4-15/h5-9,12,15,20,22-23H,3-4,10-11,13H2,1-2H3. The van der Waals surface area contributed by atoms with Crippen LogP contribution in [0.1, 0.15) is 25.3 Å². The Balaban J connectivity index is 1.51. The summed E-state index contributed by atoms with van der Waals surface area (Å²) < 4.78 is 11.4. The van der Waals surface area contributed by atoms with Crippen molar-refractivity contribution in [3.63, 3.8) is 0 Å². The molecule has 0 radical (unpaired) electrons. The predicted molar refractivity (Wildman–Crippen MR) is 107 cm³/mol. The molecule has 0 saturated heterocycles. The zero-order valence-corrected chi connectivity index (χ0v) is 16.2. The Bertz CT molecular complexity index is 765. The number of thioether (sulfide) groups is 1. The summed E-state index contributed by atoms with van der Waals surface area (Å²) in [5.74, 6) is 1.75. The van der Waals surface area contributed by atoms with Crippen LogP contribution in [0.4, 0.5) is 0 Å². The Labute approximate surface area is 159 Å². The second-order valence-corrected chi connectivity index (χ2v) is 8.00. The highest BCUT2D eigenvalue weighted by Gasteiger charge is 2.24. The summed E-state index contributed by atoms with van der Waals surface area (Å²) in [6.07, 6.45) is 11.1. The fourth-order valence-corrected chi connectivity index (χ4v) is 3.64. The molecule has 4 nitrogen and oxygen atoms in total. The van der Waals surface area contributed by atoms with Crippen molar-refractivity contribution in [3.8, 4) is 5.75 Å². The van der Waals surface area contributed by atoms with Crippen molar-refractivity contribution in [1.82, 2.24) is 10.6 Å². The second kappa shape index (κ2) is 7.80. The van der Waals surface area contributed by atoms with Gasteiger partial charge in [-0.05, 0) is 55.7 Å². The number of rotatable bonds is 8. The fraction of sp³-hybridized carbons (Fsp3) is 0.429. The highest BCUT2D eigenvalue weighted by molar-refractivity contribution is 7.98. The molecule has 0 bridgehead atoms. The van der Waals surface area contributed by atoms with Crippen molar-refractivity contribution in [2.45, 2.75) is 30.7 Å². The van der Waals surface area contributed by atoms with Crippen LogP contribution < -0.4 is 15.4 Å². The molecule has 1 aliphatic heterocycles. The van der Waals surface area contributed by atoms with Crippen LogP contribution in [0.3, 0.4) is 0 Å². The predicted octanol–water partition coefficient (Wildman–Crippen LogP) is 3.92. The number of benzene rings is 1. The van der Waals surface area contributed by atoms with Crippen LogP contribution in [0.25, 0.3) is 5.57 Å². The molecule has 4 rings (SSSR count). The lowest BCUT2D eigenvalue weighted by Crippen LogP contribution is -2.31. The second-order valence-electron chi connectivity index (χ2n) is 7.12. The molecule has 138 valence electrons. The zero-order valence-electron chi connectivity index (χ0n) is 15.4. The fourth-order valence-electron chi connectivity index (χ4n) is 3.20. The molecule has 2 aliphatic carbocycles. The van der Waals surface area contributed by atoms with Crippen molar-refractivity contribution >= 4 is 17.3 Å². The molecule has 1 fully saturated rings. The van der Waals surface area contributed by atoms with Crippen LogP contribution in [0.5, 0.6) is 5.75 Å². The Morgan fingerprint density at radius 2 is 2.23 bits per heavy atom. The maximum absolute atomic E-state index is 6.15. The van der Waals surface area contributed by atoms with Gasteiger partial charge in [0.2, 0.25) is 0 Å². The SMILES string of the molecule is CSc1ccc(OCC2CC2)c(C2=CC(NCC3=COCN3)C(C)=C2)c1. The average molecular weight is 371 g/mol. The summed E-state index contributed by atoms with van der Waals surface area (Å²) in [6.45, 7) is 4.36. The van der Waals surface area contributed by atoms with E-state index in [0.717, 1.165) is 30.5 Å². The van der Waals surface area contributed by atoms with E-state index in [-0.39, 0.29) is 6.04 Å². The lowest BCUT2D eigenvalue weighted by Gasteiger charge is -2.14. The maximum Gasteiger partial charge on any atom is 0.158 e. The molecule has 1 unspecified atom stereocenters. The number of hydrogen-bond donors (Lipinski definition) is 2. The number of nitrogens with one attached hydrogen (secondary N) is 2. The molecule has 26 heavy (non-hydrogen) atoms. The van der Waals surface area contributed by atoms with Crippen molar-refractivity contribution in [1.29, 1.82) is 0 Å². The number of allylic oxidation sites excluding steroid dienone is 2. The van der Waals surface area contributed by atoms with Crippen LogP contribution in [0.15, 0.2) is 52.8 Å². The van der Waals surface area contributed by atoms with Crippen LogP contribution in [-0.2, 0) is 4.74 Å². The maximum atomic E-state index is 6.15. The van der Waals surface area contributed by atoms with Gasteiger partial charge in [0.1, 0.15) is 12.0 Å². The van der Waals surface area contributed by atoms with E-state index >= 15 is 0 Å². The van der Waals surface area contributed by atoms with E-state index in [9.17, 15) is 0 Å². The van der Waals surface area contributed by atoms with Crippen molar-refractivity contribution in [3.05, 3.63) is 53.4 Å². The van der Waals surface area contributed by atoms with E-state index < -0.39 is 0 Å². The normalized spacial score (nSPS) is 21.6. The lowest BCUT2D eigenvalue weighted by molar-refractivity contribution is 0.267. The average Bonchev–Trinajstić information content (AvgIpc) is 3.19. The Hall–Kier alpha value is -1.85. The van der Waals surface area contributed by atoms with Crippen molar-refractivity contribution in [2.75, 3.05) is 26.1 Å². The minimum atomic E-state index is 0.238. The van der Waals surface area contributed by atoms with Gasteiger partial charge in [0.05, 0.1) is 12.3 Å². The van der Waals surface area contributed by atoms with Crippen LogP contribution in [0.2, 0.25) is 0 Å². The molecule has 1 saturated carbocycles. The van der Waals surface area contributed by atoms with Crippen LogP contribution in [-0.4, -0.2) is 32.2 Å². The molecule has 0 spiro atoms. The quantitative estimate of drug-likeness (QED) is 0.679. The molecule has 1 heterocycles. The highest BCUT2D eigenvalue weighted by atomic mass is 32.2. The summed E-state index contributed by atoms with van der Waals surface area (Å²) in [5, 5.41) is 6.79. The van der Waals surface area contributed by atoms with Crippen molar-refractivity contribution < 1.29 is 9.47 Å². The number of hydrogen-bond acceptors (Lipinski definition) is 5. The first kappa shape index (κ1) is 17.6. The Kier molecular flexibility index (Phi) is 5.27. The first-order chi connectivity index (χ1) is 12.7. The Morgan fingerprint density at radius 1 is 1.35 bits per heavy atom. The first-order valence-corrected chi connectivity index (χ1v) is 10.4. The topological polar surface area (TPSA) is 42.5 Å². The van der Waals surface area contributed by atoms with Gasteiger partial charge >= 0.3 is 0 Å². The van der Waals surface area contributed by atoms with Gasteiger partial charge in [-0.1, -0.05) is 17.7 Å². The van der Waals surface area contributed by atoms with E-state index in [2.05, 4.69) is 54.2 Å². The molecular weight excluding hydrogens is 344 g/mol. The van der Waals surface area contributed by atoms with Gasteiger partial charge in [-0.25, -0.2) is 0 Å². The third kappa shape index (κ3) is 4.10. The van der Waals surface area contributed by atoms with E-state index in [1.165, 1.54) is 34.4 Å². The minimum Gasteiger partial charge on any atom is -0.493 e. The lowest BCUT2D eigenvalue weighted by atomic mass is 10.1. The molecule has 1 atom stereocenters. The third-order valence-corrected chi connectivity index (χ3v) is 5.74. The van der Waals surface area contributed by atoms with Crippen LogP contribution in [0, 0.1) is 5.92 Å². The molecule has 5 heteroatoms. The minimum absolute atomic E-state index is 0.238. The molecule has 1 aromatic carbocycles. The first-order valence-electron chi connectivity index (χ1n) is 9.22.